The molecule has 2 N–H and O–H groups in total. The lowest BCUT2D eigenvalue weighted by Gasteiger charge is -2.00. The van der Waals surface area contributed by atoms with Gasteiger partial charge in [0.1, 0.15) is 0 Å². The summed E-state index contributed by atoms with van der Waals surface area (Å²) in [6.45, 7) is 0. The molecule has 88 valence electrons. The van der Waals surface area contributed by atoms with Crippen LogP contribution in [0.2, 0.25) is 0 Å². The summed E-state index contributed by atoms with van der Waals surface area (Å²) in [6, 6.07) is 9.16. The first kappa shape index (κ1) is 10.4. The molecule has 3 rings (SSSR count). The van der Waals surface area contributed by atoms with Crippen LogP contribution < -0.4 is 5.73 Å². The minimum Gasteiger partial charge on any atom is -0.364 e. The first-order valence-electron chi connectivity index (χ1n) is 5.32. The molecule has 0 atom stereocenters. The van der Waals surface area contributed by atoms with Gasteiger partial charge in [0.15, 0.2) is 5.69 Å². The number of aromatic nitrogens is 4. The van der Waals surface area contributed by atoms with Crippen molar-refractivity contribution in [1.29, 1.82) is 0 Å². The van der Waals surface area contributed by atoms with Crippen LogP contribution >= 0.6 is 0 Å². The van der Waals surface area contributed by atoms with E-state index in [4.69, 9.17) is 5.73 Å². The second-order valence-corrected chi connectivity index (χ2v) is 3.74. The first-order chi connectivity index (χ1) is 8.77. The predicted octanol–water partition coefficient (Wildman–Crippen LogP) is 0.914. The largest absolute Gasteiger partial charge is 0.364 e. The number of carbonyl (C=O) groups excluding carboxylic acids is 1. The summed E-state index contributed by atoms with van der Waals surface area (Å²) < 4.78 is 1.63. The van der Waals surface area contributed by atoms with Crippen molar-refractivity contribution in [3.63, 3.8) is 0 Å². The molecule has 0 saturated carbocycles. The van der Waals surface area contributed by atoms with Gasteiger partial charge < -0.3 is 5.73 Å². The van der Waals surface area contributed by atoms with Gasteiger partial charge in [0, 0.05) is 5.39 Å². The number of para-hydroxylation sites is 1. The smallest absolute Gasteiger partial charge is 0.269 e. The first-order valence-corrected chi connectivity index (χ1v) is 5.32. The maximum absolute atomic E-state index is 11.4. The lowest BCUT2D eigenvalue weighted by atomic mass is 10.2. The Morgan fingerprint density at radius 2 is 2.00 bits per heavy atom. The van der Waals surface area contributed by atoms with Gasteiger partial charge in [-0.3, -0.25) is 4.79 Å². The Balaban J connectivity index is 2.34. The molecule has 0 aliphatic heterocycles. The monoisotopic (exact) mass is 239 g/mol. The van der Waals surface area contributed by atoms with Crippen molar-refractivity contribution in [2.75, 3.05) is 0 Å². The van der Waals surface area contributed by atoms with E-state index in [1.54, 1.807) is 23.1 Å². The summed E-state index contributed by atoms with van der Waals surface area (Å²) in [5, 5.41) is 12.5. The van der Waals surface area contributed by atoms with Crippen molar-refractivity contribution in [3.05, 3.63) is 48.4 Å². The van der Waals surface area contributed by atoms with Crippen LogP contribution in [-0.4, -0.2) is 25.9 Å². The van der Waals surface area contributed by atoms with Crippen LogP contribution in [0.5, 0.6) is 0 Å². The molecule has 2 aromatic heterocycles. The number of fused-ring (bicyclic) bond motifs is 1. The Morgan fingerprint density at radius 1 is 1.17 bits per heavy atom. The third kappa shape index (κ3) is 1.51. The molecule has 0 spiro atoms. The standard InChI is InChI=1S/C12H9N5O/c13-12(18)11-9-3-1-2-4-10(9)17(16-11)8-5-6-14-15-7-8/h1-7H,(H2,13,18). The number of nitrogens with two attached hydrogens (primary N) is 1. The van der Waals surface area contributed by atoms with Gasteiger partial charge in [-0.1, -0.05) is 18.2 Å². The van der Waals surface area contributed by atoms with E-state index in [1.807, 2.05) is 24.3 Å². The molecule has 1 amide bonds. The highest BCUT2D eigenvalue weighted by atomic mass is 16.1. The van der Waals surface area contributed by atoms with Gasteiger partial charge in [0.05, 0.1) is 23.6 Å². The number of amides is 1. The Hall–Kier alpha value is -2.76. The average Bonchev–Trinajstić information content (AvgIpc) is 2.79. The SMILES string of the molecule is NC(=O)c1nn(-c2ccnnc2)c2ccccc12. The number of carbonyl (C=O) groups is 1. The van der Waals surface area contributed by atoms with Crippen LogP contribution in [0, 0.1) is 0 Å². The van der Waals surface area contributed by atoms with E-state index in [0.29, 0.717) is 0 Å². The second-order valence-electron chi connectivity index (χ2n) is 3.74. The van der Waals surface area contributed by atoms with Crippen LogP contribution in [0.3, 0.4) is 0 Å². The zero-order chi connectivity index (χ0) is 12.5. The molecule has 6 nitrogen and oxygen atoms in total. The van der Waals surface area contributed by atoms with Gasteiger partial charge in [-0.15, -0.1) is 0 Å². The lowest BCUT2D eigenvalue weighted by molar-refractivity contribution is 0.0996. The zero-order valence-corrected chi connectivity index (χ0v) is 9.32. The Bertz CT molecular complexity index is 720. The number of benzene rings is 1. The van der Waals surface area contributed by atoms with E-state index in [2.05, 4.69) is 15.3 Å². The molecule has 0 bridgehead atoms. The number of primary amides is 1. The molecular formula is C12H9N5O. The van der Waals surface area contributed by atoms with Gasteiger partial charge in [-0.2, -0.15) is 15.3 Å². The fourth-order valence-electron chi connectivity index (χ4n) is 1.85. The molecule has 2 heterocycles. The van der Waals surface area contributed by atoms with Crippen molar-refractivity contribution < 1.29 is 4.79 Å². The summed E-state index contributed by atoms with van der Waals surface area (Å²) in [5.41, 5.74) is 7.12. The highest BCUT2D eigenvalue weighted by molar-refractivity contribution is 6.04. The molecule has 0 aliphatic rings. The van der Waals surface area contributed by atoms with E-state index in [9.17, 15) is 4.79 Å². The molecule has 0 saturated heterocycles. The maximum atomic E-state index is 11.4. The molecule has 18 heavy (non-hydrogen) atoms. The molecule has 0 aliphatic carbocycles. The number of nitrogens with zero attached hydrogens (tertiary/aromatic N) is 4. The fourth-order valence-corrected chi connectivity index (χ4v) is 1.85. The van der Waals surface area contributed by atoms with Crippen molar-refractivity contribution in [2.24, 2.45) is 5.73 Å². The highest BCUT2D eigenvalue weighted by Crippen LogP contribution is 2.20. The molecule has 6 heteroatoms. The quantitative estimate of drug-likeness (QED) is 0.720. The molecule has 1 aromatic carbocycles. The van der Waals surface area contributed by atoms with E-state index >= 15 is 0 Å². The third-order valence-corrected chi connectivity index (χ3v) is 2.63. The van der Waals surface area contributed by atoms with E-state index in [1.165, 1.54) is 0 Å². The van der Waals surface area contributed by atoms with Gasteiger partial charge in [-0.05, 0) is 12.1 Å². The zero-order valence-electron chi connectivity index (χ0n) is 9.32. The predicted molar refractivity (Wildman–Crippen MR) is 65.2 cm³/mol. The molecule has 0 radical (unpaired) electrons. The summed E-state index contributed by atoms with van der Waals surface area (Å²) in [4.78, 5) is 11.4. The van der Waals surface area contributed by atoms with Crippen molar-refractivity contribution >= 4 is 16.8 Å². The van der Waals surface area contributed by atoms with Crippen LogP contribution in [-0.2, 0) is 0 Å². The summed E-state index contributed by atoms with van der Waals surface area (Å²) >= 11 is 0. The van der Waals surface area contributed by atoms with Crippen molar-refractivity contribution in [1.82, 2.24) is 20.0 Å². The van der Waals surface area contributed by atoms with Gasteiger partial charge >= 0.3 is 0 Å². The van der Waals surface area contributed by atoms with E-state index in [0.717, 1.165) is 16.6 Å². The second kappa shape index (κ2) is 3.92. The van der Waals surface area contributed by atoms with Crippen LogP contribution in [0.1, 0.15) is 10.5 Å². The minimum absolute atomic E-state index is 0.252. The minimum atomic E-state index is -0.549. The topological polar surface area (TPSA) is 86.7 Å². The highest BCUT2D eigenvalue weighted by Gasteiger charge is 2.15. The molecular weight excluding hydrogens is 230 g/mol. The Kier molecular flexibility index (Phi) is 2.26. The third-order valence-electron chi connectivity index (χ3n) is 2.63. The lowest BCUT2D eigenvalue weighted by Crippen LogP contribution is -2.12. The van der Waals surface area contributed by atoms with Gasteiger partial charge in [-0.25, -0.2) is 4.68 Å². The summed E-state index contributed by atoms with van der Waals surface area (Å²) in [5.74, 6) is -0.549. The molecule has 0 unspecified atom stereocenters. The van der Waals surface area contributed by atoms with E-state index in [-0.39, 0.29) is 5.69 Å². The molecule has 3 aromatic rings. The maximum Gasteiger partial charge on any atom is 0.269 e. The van der Waals surface area contributed by atoms with E-state index < -0.39 is 5.91 Å². The number of rotatable bonds is 2. The van der Waals surface area contributed by atoms with Gasteiger partial charge in [0.25, 0.3) is 5.91 Å². The average molecular weight is 239 g/mol. The Labute approximate surface area is 102 Å². The normalized spacial score (nSPS) is 10.7. The van der Waals surface area contributed by atoms with Crippen molar-refractivity contribution in [3.8, 4) is 5.69 Å². The van der Waals surface area contributed by atoms with Crippen molar-refractivity contribution in [2.45, 2.75) is 0 Å². The number of hydrogen-bond donors (Lipinski definition) is 1. The number of hydrogen-bond acceptors (Lipinski definition) is 4. The van der Waals surface area contributed by atoms with Crippen LogP contribution in [0.15, 0.2) is 42.7 Å². The fraction of sp³-hybridized carbons (Fsp3) is 0. The summed E-state index contributed by atoms with van der Waals surface area (Å²) in [6.07, 6.45) is 3.14. The van der Waals surface area contributed by atoms with Gasteiger partial charge in [0.2, 0.25) is 0 Å². The van der Waals surface area contributed by atoms with Crippen LogP contribution in [0.25, 0.3) is 16.6 Å². The Morgan fingerprint density at radius 3 is 2.72 bits per heavy atom. The molecule has 0 fully saturated rings. The van der Waals surface area contributed by atoms with Crippen LogP contribution in [0.4, 0.5) is 0 Å². The summed E-state index contributed by atoms with van der Waals surface area (Å²) in [7, 11) is 0.